The van der Waals surface area contributed by atoms with Crippen molar-refractivity contribution in [3.8, 4) is 11.4 Å². The lowest BCUT2D eigenvalue weighted by Gasteiger charge is -2.12. The summed E-state index contributed by atoms with van der Waals surface area (Å²) in [6.07, 6.45) is 1.54. The van der Waals surface area contributed by atoms with Crippen LogP contribution in [0, 0.1) is 5.82 Å². The molecule has 4 aromatic rings. The standard InChI is InChI=1S/C24H21FN6O3S/c25-16-8-6-15(7-9-16)21-28-29-24(30(21)12-14-4-2-1-3-5-14)35-13-18(32)19-20(26)31(17-10-11-17)23(34)27-22(19)33/h1-9,17H,10-13,26H2,(H,27,33,34). The molecule has 0 radical (unpaired) electrons. The van der Waals surface area contributed by atoms with Crippen LogP contribution in [-0.2, 0) is 6.54 Å². The lowest BCUT2D eigenvalue weighted by molar-refractivity contribution is 0.102. The van der Waals surface area contributed by atoms with Crippen molar-refractivity contribution in [3.05, 3.63) is 92.4 Å². The molecule has 1 fully saturated rings. The number of Topliss-reactive ketones (excluding diaryl/α,β-unsaturated/α-hetero) is 1. The van der Waals surface area contributed by atoms with E-state index in [0.29, 0.717) is 23.1 Å². The van der Waals surface area contributed by atoms with Crippen LogP contribution < -0.4 is 17.0 Å². The fraction of sp³-hybridized carbons (Fsp3) is 0.208. The van der Waals surface area contributed by atoms with Gasteiger partial charge in [-0.2, -0.15) is 0 Å². The number of rotatable bonds is 8. The first kappa shape index (κ1) is 22.8. The maximum atomic E-state index is 13.5. The molecule has 1 aliphatic rings. The van der Waals surface area contributed by atoms with Gasteiger partial charge in [-0.15, -0.1) is 10.2 Å². The van der Waals surface area contributed by atoms with Gasteiger partial charge in [0, 0.05) is 11.6 Å². The zero-order chi connectivity index (χ0) is 24.5. The van der Waals surface area contributed by atoms with Crippen LogP contribution in [0.25, 0.3) is 11.4 Å². The maximum Gasteiger partial charge on any atom is 0.330 e. The highest BCUT2D eigenvalue weighted by Gasteiger charge is 2.30. The number of nitrogens with zero attached hydrogens (tertiary/aromatic N) is 4. The lowest BCUT2D eigenvalue weighted by atomic mass is 10.2. The third kappa shape index (κ3) is 4.67. The highest BCUT2D eigenvalue weighted by molar-refractivity contribution is 7.99. The molecule has 0 amide bonds. The second-order valence-corrected chi connectivity index (χ2v) is 9.16. The number of ketones is 1. The number of carbonyl (C=O) groups is 1. The first-order valence-electron chi connectivity index (χ1n) is 11.0. The number of thioether (sulfide) groups is 1. The number of H-pyrrole nitrogens is 1. The van der Waals surface area contributed by atoms with Crippen molar-refractivity contribution in [1.29, 1.82) is 0 Å². The summed E-state index contributed by atoms with van der Waals surface area (Å²) >= 11 is 1.11. The van der Waals surface area contributed by atoms with Crippen LogP contribution in [0.15, 0.2) is 69.3 Å². The Hall–Kier alpha value is -3.99. The van der Waals surface area contributed by atoms with E-state index in [9.17, 15) is 18.8 Å². The Morgan fingerprint density at radius 2 is 1.80 bits per heavy atom. The van der Waals surface area contributed by atoms with Crippen LogP contribution in [0.2, 0.25) is 0 Å². The largest absolute Gasteiger partial charge is 0.384 e. The predicted octanol–water partition coefficient (Wildman–Crippen LogP) is 2.87. The number of aromatic nitrogens is 5. The minimum Gasteiger partial charge on any atom is -0.384 e. The molecule has 0 atom stereocenters. The summed E-state index contributed by atoms with van der Waals surface area (Å²) in [6.45, 7) is 0.423. The third-order valence-corrected chi connectivity index (χ3v) is 6.67. The summed E-state index contributed by atoms with van der Waals surface area (Å²) in [5.41, 5.74) is 6.10. The summed E-state index contributed by atoms with van der Waals surface area (Å²) in [5.74, 6) is -0.598. The molecular formula is C24H21FN6O3S. The molecule has 2 heterocycles. The van der Waals surface area contributed by atoms with E-state index in [0.717, 1.165) is 30.2 Å². The molecule has 3 N–H and O–H groups in total. The van der Waals surface area contributed by atoms with Gasteiger partial charge >= 0.3 is 5.69 Å². The van der Waals surface area contributed by atoms with E-state index in [1.807, 2.05) is 34.9 Å². The molecule has 1 aliphatic carbocycles. The molecule has 11 heteroatoms. The van der Waals surface area contributed by atoms with E-state index in [1.54, 1.807) is 12.1 Å². The molecule has 9 nitrogen and oxygen atoms in total. The molecule has 2 aromatic carbocycles. The second kappa shape index (κ2) is 9.34. The van der Waals surface area contributed by atoms with Crippen molar-refractivity contribution in [1.82, 2.24) is 24.3 Å². The van der Waals surface area contributed by atoms with Gasteiger partial charge in [-0.1, -0.05) is 42.1 Å². The van der Waals surface area contributed by atoms with Crippen LogP contribution in [0.1, 0.15) is 34.8 Å². The van der Waals surface area contributed by atoms with Crippen molar-refractivity contribution in [3.63, 3.8) is 0 Å². The summed E-state index contributed by atoms with van der Waals surface area (Å²) in [6, 6.07) is 15.5. The summed E-state index contributed by atoms with van der Waals surface area (Å²) in [7, 11) is 0. The number of benzene rings is 2. The van der Waals surface area contributed by atoms with Crippen LogP contribution in [0.4, 0.5) is 10.2 Å². The van der Waals surface area contributed by atoms with Crippen molar-refractivity contribution in [2.45, 2.75) is 30.6 Å². The Kier molecular flexibility index (Phi) is 6.08. The van der Waals surface area contributed by atoms with E-state index >= 15 is 0 Å². The molecule has 0 bridgehead atoms. The first-order valence-corrected chi connectivity index (χ1v) is 11.9. The number of aromatic amines is 1. The lowest BCUT2D eigenvalue weighted by Crippen LogP contribution is -2.36. The minimum absolute atomic E-state index is 0.0919. The summed E-state index contributed by atoms with van der Waals surface area (Å²) < 4.78 is 16.6. The van der Waals surface area contributed by atoms with Gasteiger partial charge in [0.2, 0.25) is 0 Å². The van der Waals surface area contributed by atoms with Crippen LogP contribution in [-0.4, -0.2) is 35.9 Å². The maximum absolute atomic E-state index is 13.5. The van der Waals surface area contributed by atoms with Crippen molar-refractivity contribution < 1.29 is 9.18 Å². The molecule has 1 saturated carbocycles. The molecule has 35 heavy (non-hydrogen) atoms. The Morgan fingerprint density at radius 1 is 1.09 bits per heavy atom. The van der Waals surface area contributed by atoms with Gasteiger partial charge in [-0.25, -0.2) is 9.18 Å². The van der Waals surface area contributed by atoms with Crippen molar-refractivity contribution in [2.24, 2.45) is 0 Å². The average Bonchev–Trinajstić information content (AvgIpc) is 3.59. The van der Waals surface area contributed by atoms with Crippen molar-refractivity contribution in [2.75, 3.05) is 11.5 Å². The molecule has 178 valence electrons. The molecule has 5 rings (SSSR count). The number of hydrogen-bond donors (Lipinski definition) is 2. The van der Waals surface area contributed by atoms with E-state index in [1.165, 1.54) is 16.7 Å². The molecular weight excluding hydrogens is 471 g/mol. The SMILES string of the molecule is Nc1c(C(=O)CSc2nnc(-c3ccc(F)cc3)n2Cc2ccccc2)c(=O)[nH]c(=O)n1C1CC1. The zero-order valence-electron chi connectivity index (χ0n) is 18.5. The third-order valence-electron chi connectivity index (χ3n) is 5.71. The van der Waals surface area contributed by atoms with Crippen LogP contribution in [0.5, 0.6) is 0 Å². The van der Waals surface area contributed by atoms with Gasteiger partial charge in [0.25, 0.3) is 5.56 Å². The van der Waals surface area contributed by atoms with Gasteiger partial charge in [0.15, 0.2) is 16.8 Å². The summed E-state index contributed by atoms with van der Waals surface area (Å²) in [4.78, 5) is 39.7. The van der Waals surface area contributed by atoms with Gasteiger partial charge in [0.05, 0.1) is 12.3 Å². The smallest absolute Gasteiger partial charge is 0.330 e. The number of hydrogen-bond acceptors (Lipinski definition) is 7. The molecule has 0 aliphatic heterocycles. The Balaban J connectivity index is 1.45. The Morgan fingerprint density at radius 3 is 2.49 bits per heavy atom. The number of carbonyl (C=O) groups excluding carboxylic acids is 1. The van der Waals surface area contributed by atoms with Gasteiger partial charge < -0.3 is 5.73 Å². The highest BCUT2D eigenvalue weighted by atomic mass is 32.2. The minimum atomic E-state index is -0.798. The molecule has 0 spiro atoms. The van der Waals surface area contributed by atoms with E-state index in [4.69, 9.17) is 5.73 Å². The number of halogens is 1. The normalized spacial score (nSPS) is 13.2. The average molecular weight is 493 g/mol. The van der Waals surface area contributed by atoms with Gasteiger partial charge in [-0.05, 0) is 42.7 Å². The number of anilines is 1. The first-order chi connectivity index (χ1) is 16.9. The quantitative estimate of drug-likeness (QED) is 0.286. The monoisotopic (exact) mass is 492 g/mol. The van der Waals surface area contributed by atoms with E-state index < -0.39 is 17.0 Å². The van der Waals surface area contributed by atoms with E-state index in [-0.39, 0.29) is 29.0 Å². The van der Waals surface area contributed by atoms with Crippen LogP contribution in [0.3, 0.4) is 0 Å². The van der Waals surface area contributed by atoms with Gasteiger partial charge in [-0.3, -0.25) is 23.7 Å². The Labute approximate surface area is 202 Å². The zero-order valence-corrected chi connectivity index (χ0v) is 19.3. The fourth-order valence-corrected chi connectivity index (χ4v) is 4.66. The Bertz CT molecular complexity index is 1510. The number of nitrogens with two attached hydrogens (primary N) is 1. The summed E-state index contributed by atoms with van der Waals surface area (Å²) in [5, 5.41) is 8.98. The topological polar surface area (TPSA) is 129 Å². The second-order valence-electron chi connectivity index (χ2n) is 8.22. The van der Waals surface area contributed by atoms with Gasteiger partial charge in [0.1, 0.15) is 17.2 Å². The highest BCUT2D eigenvalue weighted by Crippen LogP contribution is 2.35. The van der Waals surface area contributed by atoms with E-state index in [2.05, 4.69) is 15.2 Å². The van der Waals surface area contributed by atoms with Crippen molar-refractivity contribution >= 4 is 23.4 Å². The fourth-order valence-electron chi connectivity index (χ4n) is 3.85. The number of nitrogen functional groups attached to an aromatic ring is 1. The molecule has 2 aromatic heterocycles. The number of nitrogens with one attached hydrogen (secondary N) is 1. The predicted molar refractivity (Wildman–Crippen MR) is 130 cm³/mol. The van der Waals surface area contributed by atoms with Crippen LogP contribution >= 0.6 is 11.8 Å². The molecule has 0 unspecified atom stereocenters. The molecule has 0 saturated heterocycles.